The van der Waals surface area contributed by atoms with Gasteiger partial charge in [0.2, 0.25) is 11.2 Å². The Morgan fingerprint density at radius 3 is 2.38 bits per heavy atom. The lowest BCUT2D eigenvalue weighted by atomic mass is 10.1. The number of benzene rings is 3. The lowest BCUT2D eigenvalue weighted by molar-refractivity contribution is 0.0920. The Hall–Kier alpha value is -3.73. The van der Waals surface area contributed by atoms with Crippen LogP contribution in [0.1, 0.15) is 15.9 Å². The molecular formula is C24H17FO4. The van der Waals surface area contributed by atoms with Crippen molar-refractivity contribution in [3.05, 3.63) is 100.0 Å². The van der Waals surface area contributed by atoms with E-state index in [-0.39, 0.29) is 29.3 Å². The molecule has 0 amide bonds. The van der Waals surface area contributed by atoms with Crippen molar-refractivity contribution >= 4 is 16.8 Å². The number of para-hydroxylation sites is 1. The predicted molar refractivity (Wildman–Crippen MR) is 109 cm³/mol. The summed E-state index contributed by atoms with van der Waals surface area (Å²) in [7, 11) is 0. The summed E-state index contributed by atoms with van der Waals surface area (Å²) in [4.78, 5) is 25.5. The number of rotatable bonds is 5. The maximum absolute atomic E-state index is 13.1. The van der Waals surface area contributed by atoms with Crippen LogP contribution in [0, 0.1) is 12.7 Å². The molecule has 0 bridgehead atoms. The molecule has 4 rings (SSSR count). The number of hydrogen-bond donors (Lipinski definition) is 0. The third-order valence-corrected chi connectivity index (χ3v) is 4.58. The van der Waals surface area contributed by atoms with E-state index in [2.05, 4.69) is 0 Å². The molecule has 1 aromatic heterocycles. The Morgan fingerprint density at radius 1 is 0.966 bits per heavy atom. The van der Waals surface area contributed by atoms with Gasteiger partial charge in [-0.25, -0.2) is 4.39 Å². The fourth-order valence-corrected chi connectivity index (χ4v) is 3.01. The molecule has 29 heavy (non-hydrogen) atoms. The van der Waals surface area contributed by atoms with Crippen LogP contribution in [0.4, 0.5) is 4.39 Å². The van der Waals surface area contributed by atoms with Gasteiger partial charge < -0.3 is 9.15 Å². The molecule has 0 saturated heterocycles. The Morgan fingerprint density at radius 2 is 1.66 bits per heavy atom. The van der Waals surface area contributed by atoms with Gasteiger partial charge in [-0.15, -0.1) is 0 Å². The summed E-state index contributed by atoms with van der Waals surface area (Å²) < 4.78 is 24.7. The summed E-state index contributed by atoms with van der Waals surface area (Å²) >= 11 is 0. The third kappa shape index (κ3) is 3.80. The zero-order valence-electron chi connectivity index (χ0n) is 15.6. The van der Waals surface area contributed by atoms with E-state index in [1.807, 2.05) is 31.2 Å². The molecule has 3 aromatic carbocycles. The highest BCUT2D eigenvalue weighted by Gasteiger charge is 2.19. The molecule has 0 fully saturated rings. The maximum atomic E-state index is 13.1. The van der Waals surface area contributed by atoms with E-state index in [1.165, 1.54) is 24.3 Å². The van der Waals surface area contributed by atoms with E-state index in [0.717, 1.165) is 5.56 Å². The van der Waals surface area contributed by atoms with Gasteiger partial charge in [0.05, 0.1) is 5.39 Å². The number of carbonyl (C=O) groups is 1. The van der Waals surface area contributed by atoms with Crippen LogP contribution in [0.2, 0.25) is 0 Å². The van der Waals surface area contributed by atoms with E-state index in [1.54, 1.807) is 24.3 Å². The summed E-state index contributed by atoms with van der Waals surface area (Å²) in [6, 6.07) is 19.5. The summed E-state index contributed by atoms with van der Waals surface area (Å²) in [6.07, 6.45) is 0. The van der Waals surface area contributed by atoms with Crippen molar-refractivity contribution in [2.45, 2.75) is 6.92 Å². The Kier molecular flexibility index (Phi) is 4.96. The maximum Gasteiger partial charge on any atom is 0.235 e. The lowest BCUT2D eigenvalue weighted by Crippen LogP contribution is -2.17. The van der Waals surface area contributed by atoms with E-state index in [4.69, 9.17) is 9.15 Å². The van der Waals surface area contributed by atoms with E-state index in [0.29, 0.717) is 22.1 Å². The first-order valence-corrected chi connectivity index (χ1v) is 9.07. The number of carbonyl (C=O) groups excluding carboxylic acids is 1. The van der Waals surface area contributed by atoms with Crippen molar-refractivity contribution in [3.8, 4) is 17.1 Å². The van der Waals surface area contributed by atoms with Gasteiger partial charge in [0, 0.05) is 11.1 Å². The molecule has 144 valence electrons. The number of halogens is 1. The largest absolute Gasteiger partial charge is 0.478 e. The monoisotopic (exact) mass is 388 g/mol. The van der Waals surface area contributed by atoms with E-state index >= 15 is 0 Å². The number of ether oxygens (including phenoxy) is 1. The molecule has 0 atom stereocenters. The number of Topliss-reactive ketones (excluding diaryl/α,β-unsaturated/α-hetero) is 1. The van der Waals surface area contributed by atoms with Gasteiger partial charge in [0.1, 0.15) is 11.4 Å². The van der Waals surface area contributed by atoms with Crippen LogP contribution in [-0.4, -0.2) is 12.4 Å². The van der Waals surface area contributed by atoms with Gasteiger partial charge in [-0.05, 0) is 43.3 Å². The Labute approximate surface area is 166 Å². The Balaban J connectivity index is 1.75. The van der Waals surface area contributed by atoms with Gasteiger partial charge >= 0.3 is 0 Å². The SMILES string of the molecule is Cc1ccc(-c2oc3ccccc3c(=O)c2OCC(=O)c2ccc(F)cc2)cc1. The fourth-order valence-electron chi connectivity index (χ4n) is 3.01. The van der Waals surface area contributed by atoms with Crippen LogP contribution in [-0.2, 0) is 0 Å². The molecule has 0 saturated carbocycles. The van der Waals surface area contributed by atoms with Crippen LogP contribution in [0.5, 0.6) is 5.75 Å². The molecule has 0 aliphatic rings. The number of ketones is 1. The first-order valence-electron chi connectivity index (χ1n) is 9.07. The summed E-state index contributed by atoms with van der Waals surface area (Å²) in [6.45, 7) is 1.59. The molecule has 4 aromatic rings. The van der Waals surface area contributed by atoms with Gasteiger partial charge in [-0.3, -0.25) is 9.59 Å². The number of aryl methyl sites for hydroxylation is 1. The van der Waals surface area contributed by atoms with Gasteiger partial charge in [-0.2, -0.15) is 0 Å². The average molecular weight is 388 g/mol. The normalized spacial score (nSPS) is 10.8. The van der Waals surface area contributed by atoms with Crippen molar-refractivity contribution in [1.29, 1.82) is 0 Å². The molecule has 0 aliphatic carbocycles. The second-order valence-electron chi connectivity index (χ2n) is 6.67. The first kappa shape index (κ1) is 18.6. The van der Waals surface area contributed by atoms with Gasteiger partial charge in [-0.1, -0.05) is 42.0 Å². The van der Waals surface area contributed by atoms with Crippen LogP contribution >= 0.6 is 0 Å². The highest BCUT2D eigenvalue weighted by molar-refractivity contribution is 5.97. The molecule has 0 N–H and O–H groups in total. The van der Waals surface area contributed by atoms with Crippen LogP contribution < -0.4 is 10.2 Å². The molecule has 4 nitrogen and oxygen atoms in total. The van der Waals surface area contributed by atoms with Crippen molar-refractivity contribution in [3.63, 3.8) is 0 Å². The van der Waals surface area contributed by atoms with Crippen molar-refractivity contribution in [1.82, 2.24) is 0 Å². The first-order chi connectivity index (χ1) is 14.0. The zero-order chi connectivity index (χ0) is 20.4. The molecule has 0 radical (unpaired) electrons. The number of fused-ring (bicyclic) bond motifs is 1. The van der Waals surface area contributed by atoms with Crippen LogP contribution in [0.15, 0.2) is 82.0 Å². The van der Waals surface area contributed by atoms with Gasteiger partial charge in [0.25, 0.3) is 0 Å². The molecule has 0 aliphatic heterocycles. The fraction of sp³-hybridized carbons (Fsp3) is 0.0833. The minimum Gasteiger partial charge on any atom is -0.478 e. The second kappa shape index (κ2) is 7.72. The molecule has 0 unspecified atom stereocenters. The number of hydrogen-bond acceptors (Lipinski definition) is 4. The van der Waals surface area contributed by atoms with Crippen LogP contribution in [0.25, 0.3) is 22.3 Å². The summed E-state index contributed by atoms with van der Waals surface area (Å²) in [5, 5.41) is 0.368. The zero-order valence-corrected chi connectivity index (χ0v) is 15.6. The second-order valence-corrected chi connectivity index (χ2v) is 6.67. The molecule has 0 spiro atoms. The quantitative estimate of drug-likeness (QED) is 0.443. The predicted octanol–water partition coefficient (Wildman–Crippen LogP) is 5.17. The highest BCUT2D eigenvalue weighted by atomic mass is 19.1. The minimum atomic E-state index is -0.431. The third-order valence-electron chi connectivity index (χ3n) is 4.58. The smallest absolute Gasteiger partial charge is 0.235 e. The minimum absolute atomic E-state index is 0.0250. The van der Waals surface area contributed by atoms with E-state index in [9.17, 15) is 14.0 Å². The summed E-state index contributed by atoms with van der Waals surface area (Å²) in [5.41, 5.74) is 2.11. The standard InChI is InChI=1S/C24H17FO4/c1-15-6-8-17(9-7-15)23-24(22(27)19-4-2-3-5-21(19)29-23)28-14-20(26)16-10-12-18(25)13-11-16/h2-13H,14H2,1H3. The molecule has 1 heterocycles. The van der Waals surface area contributed by atoms with Gasteiger partial charge in [0.15, 0.2) is 18.2 Å². The van der Waals surface area contributed by atoms with Crippen molar-refractivity contribution in [2.24, 2.45) is 0 Å². The average Bonchev–Trinajstić information content (AvgIpc) is 2.74. The van der Waals surface area contributed by atoms with Crippen LogP contribution in [0.3, 0.4) is 0 Å². The molecular weight excluding hydrogens is 371 g/mol. The summed E-state index contributed by atoms with van der Waals surface area (Å²) in [5.74, 6) is -0.560. The van der Waals surface area contributed by atoms with Crippen molar-refractivity contribution < 1.29 is 18.3 Å². The lowest BCUT2D eigenvalue weighted by Gasteiger charge is -2.11. The van der Waals surface area contributed by atoms with E-state index < -0.39 is 5.82 Å². The highest BCUT2D eigenvalue weighted by Crippen LogP contribution is 2.31. The Bertz CT molecular complexity index is 1240. The van der Waals surface area contributed by atoms with Crippen molar-refractivity contribution in [2.75, 3.05) is 6.61 Å². The molecule has 5 heteroatoms. The topological polar surface area (TPSA) is 56.5 Å².